The van der Waals surface area contributed by atoms with Crippen LogP contribution in [0.3, 0.4) is 0 Å². The predicted octanol–water partition coefficient (Wildman–Crippen LogP) is 10.8. The lowest BCUT2D eigenvalue weighted by Crippen LogP contribution is -1.98. The Morgan fingerprint density at radius 3 is 1.90 bits per heavy atom. The summed E-state index contributed by atoms with van der Waals surface area (Å²) in [4.78, 5) is 0. The van der Waals surface area contributed by atoms with Gasteiger partial charge in [-0.2, -0.15) is 15.8 Å². The predicted molar refractivity (Wildman–Crippen MR) is 200 cm³/mol. The molecule has 9 aromatic rings. The average molecular weight is 636 g/mol. The second-order valence-electron chi connectivity index (χ2n) is 12.3. The van der Waals surface area contributed by atoms with Gasteiger partial charge in [0, 0.05) is 32.8 Å². The first-order valence-electron chi connectivity index (χ1n) is 16.3. The van der Waals surface area contributed by atoms with Crippen LogP contribution < -0.4 is 0 Å². The molecule has 0 N–H and O–H groups in total. The maximum atomic E-state index is 10.2. The van der Waals surface area contributed by atoms with Gasteiger partial charge in [0.1, 0.15) is 0 Å². The van der Waals surface area contributed by atoms with Gasteiger partial charge >= 0.3 is 0 Å². The first-order chi connectivity index (χ1) is 24.7. The van der Waals surface area contributed by atoms with E-state index in [1.807, 2.05) is 78.9 Å². The molecule has 50 heavy (non-hydrogen) atoms. The molecule has 0 atom stereocenters. The van der Waals surface area contributed by atoms with Crippen LogP contribution in [0.5, 0.6) is 0 Å². The minimum Gasteiger partial charge on any atom is -0.309 e. The van der Waals surface area contributed by atoms with Gasteiger partial charge in [-0.25, -0.2) is 0 Å². The molecule has 9 rings (SSSR count). The molecule has 5 nitrogen and oxygen atoms in total. The summed E-state index contributed by atoms with van der Waals surface area (Å²) < 4.78 is 4.43. The number of hydrogen-bond donors (Lipinski definition) is 0. The molecular weight excluding hydrogens is 611 g/mol. The minimum absolute atomic E-state index is 0.549. The molecule has 0 aliphatic carbocycles. The van der Waals surface area contributed by atoms with Crippen LogP contribution in [0.15, 0.2) is 152 Å². The maximum absolute atomic E-state index is 10.2. The van der Waals surface area contributed by atoms with E-state index in [9.17, 15) is 15.8 Å². The van der Waals surface area contributed by atoms with E-state index >= 15 is 0 Å². The van der Waals surface area contributed by atoms with Gasteiger partial charge in [0.05, 0.1) is 62.7 Å². The Hall–Kier alpha value is -7.39. The van der Waals surface area contributed by atoms with E-state index in [-0.39, 0.29) is 0 Å². The molecule has 0 amide bonds. The van der Waals surface area contributed by atoms with Crippen LogP contribution in [0.4, 0.5) is 0 Å². The molecule has 0 radical (unpaired) electrons. The average Bonchev–Trinajstić information content (AvgIpc) is 3.70. The summed E-state index contributed by atoms with van der Waals surface area (Å²) in [5, 5.41) is 33.8. The molecule has 0 saturated carbocycles. The van der Waals surface area contributed by atoms with Gasteiger partial charge in [0.25, 0.3) is 0 Å². The van der Waals surface area contributed by atoms with Crippen molar-refractivity contribution in [1.29, 1.82) is 15.8 Å². The second kappa shape index (κ2) is 11.4. The fourth-order valence-electron chi connectivity index (χ4n) is 7.44. The fourth-order valence-corrected chi connectivity index (χ4v) is 7.44. The largest absolute Gasteiger partial charge is 0.309 e. The van der Waals surface area contributed by atoms with Gasteiger partial charge in [-0.05, 0) is 89.5 Å². The van der Waals surface area contributed by atoms with Crippen molar-refractivity contribution >= 4 is 43.6 Å². The topological polar surface area (TPSA) is 81.2 Å². The van der Waals surface area contributed by atoms with Crippen LogP contribution in [0.25, 0.3) is 77.2 Å². The van der Waals surface area contributed by atoms with Crippen molar-refractivity contribution in [3.63, 3.8) is 0 Å². The van der Waals surface area contributed by atoms with E-state index in [1.54, 1.807) is 0 Å². The van der Waals surface area contributed by atoms with E-state index in [0.717, 1.165) is 77.2 Å². The first-order valence-corrected chi connectivity index (χ1v) is 16.3. The third kappa shape index (κ3) is 4.38. The number of nitrogens with zero attached hydrogens (tertiary/aromatic N) is 5. The quantitative estimate of drug-likeness (QED) is 0.193. The van der Waals surface area contributed by atoms with Crippen LogP contribution in [0, 0.1) is 34.0 Å². The third-order valence-electron chi connectivity index (χ3n) is 9.58. The fraction of sp³-hybridized carbons (Fsp3) is 0. The molecular formula is C45H25N5. The molecule has 5 heteroatoms. The molecule has 2 heterocycles. The highest BCUT2D eigenvalue weighted by molar-refractivity contribution is 6.12. The van der Waals surface area contributed by atoms with Gasteiger partial charge in [-0.1, -0.05) is 78.9 Å². The highest BCUT2D eigenvalue weighted by Crippen LogP contribution is 2.39. The Bertz CT molecular complexity index is 2970. The molecule has 0 aliphatic rings. The summed E-state index contributed by atoms with van der Waals surface area (Å²) in [6.45, 7) is 0. The Kier molecular flexibility index (Phi) is 6.56. The number of fused-ring (bicyclic) bond motifs is 6. The summed E-state index contributed by atoms with van der Waals surface area (Å²) in [5.41, 5.74) is 11.7. The Balaban J connectivity index is 1.23. The molecule has 0 fully saturated rings. The van der Waals surface area contributed by atoms with Gasteiger partial charge in [-0.15, -0.1) is 0 Å². The van der Waals surface area contributed by atoms with Crippen molar-refractivity contribution in [2.45, 2.75) is 0 Å². The molecule has 7 aromatic carbocycles. The Morgan fingerprint density at radius 2 is 1.08 bits per heavy atom. The number of nitriles is 3. The van der Waals surface area contributed by atoms with Crippen LogP contribution in [-0.2, 0) is 0 Å². The second-order valence-corrected chi connectivity index (χ2v) is 12.3. The zero-order chi connectivity index (χ0) is 33.8. The first kappa shape index (κ1) is 28.8. The van der Waals surface area contributed by atoms with E-state index in [1.165, 1.54) is 0 Å². The van der Waals surface area contributed by atoms with Crippen LogP contribution in [-0.4, -0.2) is 9.13 Å². The zero-order valence-corrected chi connectivity index (χ0v) is 26.7. The molecule has 2 aromatic heterocycles. The van der Waals surface area contributed by atoms with E-state index < -0.39 is 0 Å². The molecule has 0 unspecified atom stereocenters. The highest BCUT2D eigenvalue weighted by Gasteiger charge is 2.18. The summed E-state index contributed by atoms with van der Waals surface area (Å²) in [7, 11) is 0. The van der Waals surface area contributed by atoms with E-state index in [2.05, 4.69) is 100 Å². The zero-order valence-electron chi connectivity index (χ0n) is 26.7. The number of aromatic nitrogens is 2. The lowest BCUT2D eigenvalue weighted by atomic mass is 9.96. The summed E-state index contributed by atoms with van der Waals surface area (Å²) in [6.07, 6.45) is 0. The summed E-state index contributed by atoms with van der Waals surface area (Å²) in [6, 6.07) is 57.9. The van der Waals surface area contributed by atoms with Crippen molar-refractivity contribution in [1.82, 2.24) is 9.13 Å². The third-order valence-corrected chi connectivity index (χ3v) is 9.58. The standard InChI is InChI=1S/C45H25N5/c46-26-29-19-20-43-39(23-29)37-13-2-5-16-41(37)50(43)40-15-4-1-12-36(40)32-10-7-9-31(24-32)34-21-30(27-47)22-35(25-34)49-42-17-6-3-14-38(42)45-33(28-48)11-8-18-44(45)49/h1-25H. The van der Waals surface area contributed by atoms with Crippen molar-refractivity contribution in [3.8, 4) is 51.8 Å². The molecule has 0 saturated heterocycles. The van der Waals surface area contributed by atoms with Crippen LogP contribution in [0.2, 0.25) is 0 Å². The van der Waals surface area contributed by atoms with Crippen molar-refractivity contribution < 1.29 is 0 Å². The summed E-state index contributed by atoms with van der Waals surface area (Å²) in [5.74, 6) is 0. The number of benzene rings is 7. The van der Waals surface area contributed by atoms with Crippen LogP contribution in [0.1, 0.15) is 16.7 Å². The maximum Gasteiger partial charge on any atom is 0.0998 e. The van der Waals surface area contributed by atoms with Crippen molar-refractivity contribution in [2.75, 3.05) is 0 Å². The lowest BCUT2D eigenvalue weighted by Gasteiger charge is -2.15. The minimum atomic E-state index is 0.549. The molecule has 0 spiro atoms. The number of rotatable bonds is 4. The SMILES string of the molecule is N#Cc1cc(-c2cccc(-c3ccccc3-n3c4ccccc4c4cc(C#N)ccc43)c2)cc(-n2c3ccccc3c3c(C#N)cccc32)c1. The van der Waals surface area contributed by atoms with Gasteiger partial charge in [0.2, 0.25) is 0 Å². The van der Waals surface area contributed by atoms with Crippen molar-refractivity contribution in [3.05, 3.63) is 168 Å². The number of para-hydroxylation sites is 3. The monoisotopic (exact) mass is 635 g/mol. The Morgan fingerprint density at radius 1 is 0.400 bits per heavy atom. The van der Waals surface area contributed by atoms with Gasteiger partial charge < -0.3 is 9.13 Å². The van der Waals surface area contributed by atoms with Gasteiger partial charge in [0.15, 0.2) is 0 Å². The Labute approximate surface area is 287 Å². The normalized spacial score (nSPS) is 11.1. The summed E-state index contributed by atoms with van der Waals surface area (Å²) >= 11 is 0. The molecule has 230 valence electrons. The smallest absolute Gasteiger partial charge is 0.0998 e. The van der Waals surface area contributed by atoms with Crippen LogP contribution >= 0.6 is 0 Å². The van der Waals surface area contributed by atoms with Gasteiger partial charge in [-0.3, -0.25) is 0 Å². The highest BCUT2D eigenvalue weighted by atomic mass is 15.0. The molecule has 0 bridgehead atoms. The lowest BCUT2D eigenvalue weighted by molar-refractivity contribution is 1.18. The number of hydrogen-bond acceptors (Lipinski definition) is 3. The van der Waals surface area contributed by atoms with E-state index in [4.69, 9.17) is 0 Å². The molecule has 0 aliphatic heterocycles. The van der Waals surface area contributed by atoms with E-state index in [0.29, 0.717) is 16.7 Å². The van der Waals surface area contributed by atoms with Crippen molar-refractivity contribution in [2.24, 2.45) is 0 Å².